The molecule has 2 heterocycles. The number of urea groups is 1. The van der Waals surface area contributed by atoms with Crippen LogP contribution in [0.2, 0.25) is 0 Å². The normalized spacial score (nSPS) is 16.2. The molecule has 3 aromatic rings. The van der Waals surface area contributed by atoms with Gasteiger partial charge < -0.3 is 14.4 Å². The Morgan fingerprint density at radius 3 is 2.35 bits per heavy atom. The number of carbonyl (C=O) groups is 2. The lowest BCUT2D eigenvalue weighted by atomic mass is 10.2. The molecule has 7 nitrogen and oxygen atoms in total. The van der Waals surface area contributed by atoms with Crippen molar-refractivity contribution in [3.63, 3.8) is 0 Å². The van der Waals surface area contributed by atoms with Crippen molar-refractivity contribution in [3.8, 4) is 11.6 Å². The monoisotopic (exact) mass is 471 g/mol. The van der Waals surface area contributed by atoms with Crippen molar-refractivity contribution in [2.45, 2.75) is 32.5 Å². The van der Waals surface area contributed by atoms with Crippen LogP contribution in [0.15, 0.2) is 72.9 Å². The molecular formula is C24H20F3N3O4. The van der Waals surface area contributed by atoms with Gasteiger partial charge in [0.15, 0.2) is 0 Å². The molecule has 1 atom stereocenters. The van der Waals surface area contributed by atoms with Crippen LogP contribution in [-0.2, 0) is 17.9 Å². The molecule has 34 heavy (non-hydrogen) atoms. The van der Waals surface area contributed by atoms with Gasteiger partial charge in [-0.15, -0.1) is 13.2 Å². The topological polar surface area (TPSA) is 72.0 Å². The molecule has 1 saturated heterocycles. The molecule has 0 radical (unpaired) electrons. The van der Waals surface area contributed by atoms with E-state index < -0.39 is 30.1 Å². The summed E-state index contributed by atoms with van der Waals surface area (Å²) in [6.45, 7) is 2.05. The van der Waals surface area contributed by atoms with Crippen LogP contribution in [0, 0.1) is 0 Å². The number of benzene rings is 2. The lowest BCUT2D eigenvalue weighted by Crippen LogP contribution is -2.33. The van der Waals surface area contributed by atoms with E-state index in [0.717, 1.165) is 22.6 Å². The van der Waals surface area contributed by atoms with Crippen molar-refractivity contribution in [2.75, 3.05) is 4.90 Å². The smallest absolute Gasteiger partial charge is 0.473 e. The highest BCUT2D eigenvalue weighted by atomic mass is 19.4. The number of hydrogen-bond donors (Lipinski definition) is 0. The third kappa shape index (κ3) is 5.28. The molecule has 0 saturated carbocycles. The van der Waals surface area contributed by atoms with Crippen LogP contribution in [0.5, 0.6) is 11.6 Å². The number of alkyl halides is 3. The molecule has 176 valence electrons. The van der Waals surface area contributed by atoms with Gasteiger partial charge in [0.25, 0.3) is 5.91 Å². The lowest BCUT2D eigenvalue weighted by Gasteiger charge is -2.20. The fourth-order valence-corrected chi connectivity index (χ4v) is 3.50. The van der Waals surface area contributed by atoms with Crippen LogP contribution in [0.1, 0.15) is 18.1 Å². The molecule has 1 aliphatic rings. The van der Waals surface area contributed by atoms with E-state index in [0.29, 0.717) is 18.1 Å². The number of aromatic nitrogens is 1. The Morgan fingerprint density at radius 1 is 0.971 bits per heavy atom. The Morgan fingerprint density at radius 2 is 1.68 bits per heavy atom. The maximum Gasteiger partial charge on any atom is 0.573 e. The molecular weight excluding hydrogens is 451 g/mol. The third-order valence-corrected chi connectivity index (χ3v) is 5.19. The van der Waals surface area contributed by atoms with Crippen LogP contribution in [0.3, 0.4) is 0 Å². The average molecular weight is 471 g/mol. The van der Waals surface area contributed by atoms with E-state index >= 15 is 0 Å². The van der Waals surface area contributed by atoms with Crippen molar-refractivity contribution >= 4 is 17.6 Å². The zero-order valence-electron chi connectivity index (χ0n) is 18.0. The van der Waals surface area contributed by atoms with Gasteiger partial charge in [0.05, 0.1) is 5.69 Å². The zero-order chi connectivity index (χ0) is 24.3. The Labute approximate surface area is 193 Å². The molecule has 4 rings (SSSR count). The summed E-state index contributed by atoms with van der Waals surface area (Å²) < 4.78 is 46.7. The first-order chi connectivity index (χ1) is 16.2. The highest BCUT2D eigenvalue weighted by molar-refractivity contribution is 6.21. The molecule has 0 bridgehead atoms. The van der Waals surface area contributed by atoms with Gasteiger partial charge in [0, 0.05) is 18.8 Å². The lowest BCUT2D eigenvalue weighted by molar-refractivity contribution is -0.274. The summed E-state index contributed by atoms with van der Waals surface area (Å²) in [5, 5.41) is 0. The number of rotatable bonds is 7. The average Bonchev–Trinajstić information content (AvgIpc) is 3.01. The third-order valence-electron chi connectivity index (χ3n) is 5.19. The molecule has 3 amide bonds. The van der Waals surface area contributed by atoms with Crippen molar-refractivity contribution in [1.29, 1.82) is 0 Å². The predicted octanol–water partition coefficient (Wildman–Crippen LogP) is 4.92. The van der Waals surface area contributed by atoms with Gasteiger partial charge in [-0.25, -0.2) is 14.7 Å². The van der Waals surface area contributed by atoms with Crippen LogP contribution in [0.4, 0.5) is 23.7 Å². The minimum atomic E-state index is -4.83. The first-order valence-corrected chi connectivity index (χ1v) is 10.3. The van der Waals surface area contributed by atoms with Crippen LogP contribution in [-0.4, -0.2) is 34.2 Å². The summed E-state index contributed by atoms with van der Waals surface area (Å²) in [4.78, 5) is 32.3. The number of imide groups is 1. The van der Waals surface area contributed by atoms with Gasteiger partial charge in [-0.05, 0) is 48.4 Å². The molecule has 1 fully saturated rings. The largest absolute Gasteiger partial charge is 0.573 e. The summed E-state index contributed by atoms with van der Waals surface area (Å²) in [7, 11) is 0. The summed E-state index contributed by atoms with van der Waals surface area (Å²) in [5.74, 6) is -0.548. The Hall–Kier alpha value is -4.08. The highest BCUT2D eigenvalue weighted by Crippen LogP contribution is 2.30. The Kier molecular flexibility index (Phi) is 6.40. The molecule has 1 unspecified atom stereocenters. The SMILES string of the molecule is CC1C(=O)N(c2ccc(OC(F)(F)F)cc2)C(=O)N1Cc1ccnc(OCc2ccccc2)c1. The zero-order valence-corrected chi connectivity index (χ0v) is 18.0. The quantitative estimate of drug-likeness (QED) is 0.458. The maximum absolute atomic E-state index is 13.0. The standard InChI is InChI=1S/C24H20F3N3O4/c1-16-22(31)30(19-7-9-20(10-8-19)34-24(25,26)27)23(32)29(16)14-18-11-12-28-21(13-18)33-15-17-5-3-2-4-6-17/h2-13,16H,14-15H2,1H3. The number of halogens is 3. The molecule has 10 heteroatoms. The maximum atomic E-state index is 13.0. The van der Waals surface area contributed by atoms with Crippen molar-refractivity contribution < 1.29 is 32.2 Å². The fourth-order valence-electron chi connectivity index (χ4n) is 3.50. The van der Waals surface area contributed by atoms with Crippen molar-refractivity contribution in [1.82, 2.24) is 9.88 Å². The fraction of sp³-hybridized carbons (Fsp3) is 0.208. The number of pyridine rings is 1. The molecule has 0 aliphatic carbocycles. The van der Waals surface area contributed by atoms with Crippen LogP contribution in [0.25, 0.3) is 0 Å². The minimum absolute atomic E-state index is 0.127. The Bertz CT molecular complexity index is 1170. The Balaban J connectivity index is 1.45. The molecule has 1 aromatic heterocycles. The van der Waals surface area contributed by atoms with E-state index in [1.165, 1.54) is 17.0 Å². The van der Waals surface area contributed by atoms with Gasteiger partial charge in [-0.3, -0.25) is 4.79 Å². The highest BCUT2D eigenvalue weighted by Gasteiger charge is 2.43. The molecule has 2 aromatic carbocycles. The second-order valence-corrected chi connectivity index (χ2v) is 7.58. The van der Waals surface area contributed by atoms with Crippen molar-refractivity contribution in [3.05, 3.63) is 84.1 Å². The summed E-state index contributed by atoms with van der Waals surface area (Å²) in [6, 6.07) is 16.2. The number of ether oxygens (including phenoxy) is 2. The summed E-state index contributed by atoms with van der Waals surface area (Å²) in [5.41, 5.74) is 1.84. The predicted molar refractivity (Wildman–Crippen MR) is 116 cm³/mol. The molecule has 1 aliphatic heterocycles. The van der Waals surface area contributed by atoms with E-state index in [2.05, 4.69) is 9.72 Å². The molecule has 0 N–H and O–H groups in total. The minimum Gasteiger partial charge on any atom is -0.473 e. The first kappa shape index (κ1) is 23.1. The number of amides is 3. The van der Waals surface area contributed by atoms with Gasteiger partial charge >= 0.3 is 12.4 Å². The number of nitrogens with zero attached hydrogens (tertiary/aromatic N) is 3. The van der Waals surface area contributed by atoms with Gasteiger partial charge in [-0.2, -0.15) is 0 Å². The van der Waals surface area contributed by atoms with Gasteiger partial charge in [0.1, 0.15) is 18.4 Å². The number of carbonyl (C=O) groups excluding carboxylic acids is 2. The summed E-state index contributed by atoms with van der Waals surface area (Å²) >= 11 is 0. The van der Waals surface area contributed by atoms with Crippen molar-refractivity contribution in [2.24, 2.45) is 0 Å². The van der Waals surface area contributed by atoms with E-state index in [1.807, 2.05) is 30.3 Å². The van der Waals surface area contributed by atoms with E-state index in [1.54, 1.807) is 25.3 Å². The summed E-state index contributed by atoms with van der Waals surface area (Å²) in [6.07, 6.45) is -3.28. The first-order valence-electron chi connectivity index (χ1n) is 10.3. The van der Waals surface area contributed by atoms with E-state index in [-0.39, 0.29) is 12.2 Å². The van der Waals surface area contributed by atoms with E-state index in [9.17, 15) is 22.8 Å². The molecule has 0 spiro atoms. The number of anilines is 1. The number of hydrogen-bond acceptors (Lipinski definition) is 5. The van der Waals surface area contributed by atoms with Gasteiger partial charge in [-0.1, -0.05) is 30.3 Å². The van der Waals surface area contributed by atoms with Gasteiger partial charge in [0.2, 0.25) is 5.88 Å². The second kappa shape index (κ2) is 9.42. The van der Waals surface area contributed by atoms with E-state index in [4.69, 9.17) is 4.74 Å². The van der Waals surface area contributed by atoms with Crippen LogP contribution < -0.4 is 14.4 Å². The van der Waals surface area contributed by atoms with Crippen LogP contribution >= 0.6 is 0 Å². The second-order valence-electron chi connectivity index (χ2n) is 7.58.